The van der Waals surface area contributed by atoms with Crippen LogP contribution in [0.5, 0.6) is 0 Å². The van der Waals surface area contributed by atoms with Gasteiger partial charge in [-0.25, -0.2) is 8.78 Å². The summed E-state index contributed by atoms with van der Waals surface area (Å²) in [4.78, 5) is 0. The molecule has 0 aromatic heterocycles. The van der Waals surface area contributed by atoms with Gasteiger partial charge in [-0.2, -0.15) is 0 Å². The van der Waals surface area contributed by atoms with Gasteiger partial charge in [-0.15, -0.1) is 0 Å². The third-order valence-corrected chi connectivity index (χ3v) is 2.70. The Kier molecular flexibility index (Phi) is 6.52. The van der Waals surface area contributed by atoms with Crippen molar-refractivity contribution in [3.8, 4) is 0 Å². The fraction of sp³-hybridized carbons (Fsp3) is 0.455. The monoisotopic (exact) mass is 263 g/mol. The van der Waals surface area contributed by atoms with Crippen LogP contribution in [-0.4, -0.2) is 30.5 Å². The third kappa shape index (κ3) is 6.03. The molecule has 1 saturated heterocycles. The first-order valence-electron chi connectivity index (χ1n) is 5.25. The van der Waals surface area contributed by atoms with E-state index in [1.807, 2.05) is 0 Å². The fourth-order valence-corrected chi connectivity index (χ4v) is 1.59. The Morgan fingerprint density at radius 3 is 2.06 bits per heavy atom. The highest BCUT2D eigenvalue weighted by Gasteiger charge is 2.18. The van der Waals surface area contributed by atoms with Gasteiger partial charge in [0.05, 0.1) is 19.3 Å². The average molecular weight is 263 g/mol. The summed E-state index contributed by atoms with van der Waals surface area (Å²) in [7, 11) is 2.42. The van der Waals surface area contributed by atoms with Crippen LogP contribution in [0, 0.1) is 11.6 Å². The quantitative estimate of drug-likeness (QED) is 0.754. The van der Waals surface area contributed by atoms with Crippen molar-refractivity contribution in [2.75, 3.05) is 13.2 Å². The molecule has 2 rings (SSSR count). The molecule has 0 spiro atoms. The predicted octanol–water partition coefficient (Wildman–Crippen LogP) is 1.48. The van der Waals surface area contributed by atoms with Crippen LogP contribution >= 0.6 is 9.39 Å². The van der Waals surface area contributed by atoms with Crippen LogP contribution in [0.15, 0.2) is 24.3 Å². The highest BCUT2D eigenvalue weighted by molar-refractivity contribution is 7.13. The Morgan fingerprint density at radius 2 is 1.71 bits per heavy atom. The Balaban J connectivity index is 0.000000171. The summed E-state index contributed by atoms with van der Waals surface area (Å²) >= 11 is 0. The number of aliphatic hydroxyl groups excluding tert-OH is 1. The van der Waals surface area contributed by atoms with Gasteiger partial charge in [0.15, 0.2) is 0 Å². The van der Waals surface area contributed by atoms with Crippen LogP contribution in [0.1, 0.15) is 6.42 Å². The second kappa shape index (κ2) is 7.67. The molecular weight excluding hydrogens is 247 g/mol. The average Bonchev–Trinajstić information content (AvgIpc) is 2.34. The minimum Gasteiger partial charge on any atom is -0.391 e. The molecule has 17 heavy (non-hydrogen) atoms. The predicted molar refractivity (Wildman–Crippen MR) is 64.4 cm³/mol. The summed E-state index contributed by atoms with van der Waals surface area (Å²) in [5, 5.41) is 12.0. The summed E-state index contributed by atoms with van der Waals surface area (Å²) < 4.78 is 28.9. The summed E-state index contributed by atoms with van der Waals surface area (Å²) in [6.45, 7) is 1.20. The van der Waals surface area contributed by atoms with Gasteiger partial charge in [0.1, 0.15) is 11.6 Å². The van der Waals surface area contributed by atoms with Crippen molar-refractivity contribution in [2.45, 2.75) is 18.6 Å². The van der Waals surface area contributed by atoms with Gasteiger partial charge in [0.25, 0.3) is 0 Å². The van der Waals surface area contributed by atoms with Crippen LogP contribution in [0.2, 0.25) is 0 Å². The molecule has 1 fully saturated rings. The maximum absolute atomic E-state index is 11.9. The van der Waals surface area contributed by atoms with Crippen LogP contribution in [0.25, 0.3) is 0 Å². The van der Waals surface area contributed by atoms with Crippen molar-refractivity contribution >= 4 is 9.39 Å². The summed E-state index contributed by atoms with van der Waals surface area (Å²) in [6, 6.07) is 4.62. The third-order valence-electron chi connectivity index (χ3n) is 2.23. The molecule has 0 bridgehead atoms. The van der Waals surface area contributed by atoms with Crippen molar-refractivity contribution in [3.63, 3.8) is 0 Å². The van der Waals surface area contributed by atoms with E-state index < -0.39 is 11.6 Å². The number of hydrogen-bond acceptors (Lipinski definition) is 3. The molecule has 3 nitrogen and oxygen atoms in total. The van der Waals surface area contributed by atoms with Crippen LogP contribution in [0.4, 0.5) is 8.78 Å². The summed E-state index contributed by atoms with van der Waals surface area (Å²) in [6.07, 6.45) is 0.514. The highest BCUT2D eigenvalue weighted by atomic mass is 31.0. The molecule has 6 heteroatoms. The van der Waals surface area contributed by atoms with Crippen molar-refractivity contribution in [2.24, 2.45) is 0 Å². The zero-order valence-electron chi connectivity index (χ0n) is 9.27. The van der Waals surface area contributed by atoms with E-state index in [1.54, 1.807) is 0 Å². The lowest BCUT2D eigenvalue weighted by Crippen LogP contribution is -2.38. The van der Waals surface area contributed by atoms with Crippen molar-refractivity contribution in [1.29, 1.82) is 0 Å². The topological polar surface area (TPSA) is 41.5 Å². The van der Waals surface area contributed by atoms with Crippen LogP contribution in [-0.2, 0) is 4.74 Å². The zero-order valence-corrected chi connectivity index (χ0v) is 10.4. The molecule has 0 saturated carbocycles. The molecular formula is C11H16F2NO2P. The van der Waals surface area contributed by atoms with E-state index in [4.69, 9.17) is 9.84 Å². The molecule has 1 aliphatic heterocycles. The number of hydrogen-bond donors (Lipinski definition) is 2. The smallest absolute Gasteiger partial charge is 0.123 e. The number of ether oxygens (including phenoxy) is 1. The largest absolute Gasteiger partial charge is 0.391 e. The first-order chi connectivity index (χ1) is 8.11. The minimum absolute atomic E-state index is 0.281. The Labute approximate surface area is 101 Å². The lowest BCUT2D eigenvalue weighted by molar-refractivity contribution is -0.0182. The van der Waals surface area contributed by atoms with E-state index in [1.165, 1.54) is 0 Å². The van der Waals surface area contributed by atoms with Crippen LogP contribution < -0.4 is 5.09 Å². The van der Waals surface area contributed by atoms with Gasteiger partial charge in [0.2, 0.25) is 0 Å². The van der Waals surface area contributed by atoms with Gasteiger partial charge in [-0.3, -0.25) is 5.09 Å². The maximum Gasteiger partial charge on any atom is 0.123 e. The Bertz CT molecular complexity index is 303. The molecule has 3 unspecified atom stereocenters. The molecule has 0 radical (unpaired) electrons. The first-order valence-corrected chi connectivity index (χ1v) is 5.82. The molecule has 2 N–H and O–H groups in total. The highest BCUT2D eigenvalue weighted by Crippen LogP contribution is 2.07. The standard InChI is InChI=1S/C6H4F2.C5H12NO2P/c7-5-1-2-6(8)4-3-5;7-5-1-4(6-9)2-8-3-5/h1-4H;4-7H,1-3,9H2. The number of rotatable bonds is 1. The van der Waals surface area contributed by atoms with Gasteiger partial charge in [0, 0.05) is 6.04 Å². The fourth-order valence-electron chi connectivity index (χ4n) is 1.36. The number of nitrogens with one attached hydrogen (secondary N) is 1. The molecule has 1 heterocycles. The second-order valence-corrected chi connectivity index (χ2v) is 4.06. The van der Waals surface area contributed by atoms with Gasteiger partial charge < -0.3 is 9.84 Å². The van der Waals surface area contributed by atoms with Crippen molar-refractivity contribution < 1.29 is 18.6 Å². The van der Waals surface area contributed by atoms with Gasteiger partial charge >= 0.3 is 0 Å². The van der Waals surface area contributed by atoms with E-state index in [2.05, 4.69) is 14.5 Å². The molecule has 1 aromatic carbocycles. The van der Waals surface area contributed by atoms with Crippen molar-refractivity contribution in [3.05, 3.63) is 35.9 Å². The van der Waals surface area contributed by atoms with E-state index in [0.29, 0.717) is 19.3 Å². The molecule has 1 aliphatic rings. The summed E-state index contributed by atoms with van der Waals surface area (Å²) in [5.74, 6) is -0.821. The molecule has 3 atom stereocenters. The van der Waals surface area contributed by atoms with Crippen LogP contribution in [0.3, 0.4) is 0 Å². The second-order valence-electron chi connectivity index (χ2n) is 3.73. The Hall–Kier alpha value is -0.610. The zero-order chi connectivity index (χ0) is 12.7. The van der Waals surface area contributed by atoms with E-state index >= 15 is 0 Å². The lowest BCUT2D eigenvalue weighted by atomic mass is 10.1. The van der Waals surface area contributed by atoms with Crippen molar-refractivity contribution in [1.82, 2.24) is 5.09 Å². The Morgan fingerprint density at radius 1 is 1.18 bits per heavy atom. The van der Waals surface area contributed by atoms with E-state index in [9.17, 15) is 8.78 Å². The van der Waals surface area contributed by atoms with Gasteiger partial charge in [-0.05, 0) is 30.7 Å². The summed E-state index contributed by atoms with van der Waals surface area (Å²) in [5.41, 5.74) is 0. The number of aliphatic hydroxyl groups is 1. The van der Waals surface area contributed by atoms with E-state index in [-0.39, 0.29) is 6.10 Å². The maximum atomic E-state index is 11.9. The normalized spacial score (nSPS) is 23.8. The van der Waals surface area contributed by atoms with Gasteiger partial charge in [-0.1, -0.05) is 9.39 Å². The molecule has 1 aromatic rings. The molecule has 0 aliphatic carbocycles. The van der Waals surface area contributed by atoms with E-state index in [0.717, 1.165) is 30.7 Å². The molecule has 0 amide bonds. The minimum atomic E-state index is -0.411. The number of benzene rings is 1. The lowest BCUT2D eigenvalue weighted by Gasteiger charge is -2.25. The molecule has 96 valence electrons. The number of halogens is 2. The first kappa shape index (κ1) is 14.5. The SMILES string of the molecule is Fc1ccc(F)cc1.OC1COCC(NP)C1.